The maximum atomic E-state index is 12.0. The van der Waals surface area contributed by atoms with Gasteiger partial charge in [0.05, 0.1) is 5.75 Å². The van der Waals surface area contributed by atoms with Crippen LogP contribution in [0.25, 0.3) is 0 Å². The van der Waals surface area contributed by atoms with Crippen LogP contribution in [0.1, 0.15) is 32.3 Å². The van der Waals surface area contributed by atoms with Crippen molar-refractivity contribution in [3.63, 3.8) is 0 Å². The van der Waals surface area contributed by atoms with Crippen molar-refractivity contribution in [1.82, 2.24) is 0 Å². The topological polar surface area (TPSA) is 46.3 Å². The number of hydrogen-bond donors (Lipinski definition) is 1. The molecule has 4 heteroatoms. The van der Waals surface area contributed by atoms with Crippen molar-refractivity contribution in [2.24, 2.45) is 5.73 Å². The number of hydrogen-bond acceptors (Lipinski definition) is 3. The van der Waals surface area contributed by atoms with Crippen LogP contribution >= 0.6 is 11.8 Å². The highest BCUT2D eigenvalue weighted by Gasteiger charge is 2.41. The molecule has 1 aliphatic heterocycles. The predicted molar refractivity (Wildman–Crippen MR) is 73.1 cm³/mol. The first-order valence-electron chi connectivity index (χ1n) is 5.78. The van der Waals surface area contributed by atoms with E-state index in [1.807, 2.05) is 25.1 Å². The molecule has 0 spiro atoms. The predicted octanol–water partition coefficient (Wildman–Crippen LogP) is 2.52. The molecular formula is C13H18N2OS. The van der Waals surface area contributed by atoms with E-state index in [2.05, 4.69) is 19.9 Å². The average molecular weight is 250 g/mol. The van der Waals surface area contributed by atoms with Gasteiger partial charge in [0.15, 0.2) is 0 Å². The summed E-state index contributed by atoms with van der Waals surface area (Å²) in [6.07, 6.45) is 0. The number of anilines is 1. The molecule has 0 aliphatic carbocycles. The molecule has 1 aromatic rings. The molecule has 1 aromatic carbocycles. The molecule has 92 valence electrons. The van der Waals surface area contributed by atoms with Gasteiger partial charge in [-0.25, -0.2) is 0 Å². The van der Waals surface area contributed by atoms with E-state index >= 15 is 0 Å². The molecule has 1 amide bonds. The number of carbonyl (C=O) groups excluding carboxylic acids is 1. The summed E-state index contributed by atoms with van der Waals surface area (Å²) in [5, 5.41) is 0. The highest BCUT2D eigenvalue weighted by molar-refractivity contribution is 8.01. The lowest BCUT2D eigenvalue weighted by Gasteiger charge is -2.32. The molecule has 1 heterocycles. The van der Waals surface area contributed by atoms with E-state index < -0.39 is 4.99 Å². The van der Waals surface area contributed by atoms with Gasteiger partial charge in [0, 0.05) is 5.69 Å². The molecule has 1 atom stereocenters. The van der Waals surface area contributed by atoms with Gasteiger partial charge in [0.2, 0.25) is 5.91 Å². The third kappa shape index (κ3) is 2.19. The van der Waals surface area contributed by atoms with Crippen LogP contribution in [0.4, 0.5) is 5.69 Å². The fraction of sp³-hybridized carbons (Fsp3) is 0.462. The minimum atomic E-state index is -0.637. The normalized spacial score (nSPS) is 24.8. The summed E-state index contributed by atoms with van der Waals surface area (Å²) in [7, 11) is 0. The fourth-order valence-corrected chi connectivity index (χ4v) is 3.01. The van der Waals surface area contributed by atoms with Crippen molar-refractivity contribution in [2.75, 3.05) is 10.7 Å². The van der Waals surface area contributed by atoms with Gasteiger partial charge in [-0.2, -0.15) is 0 Å². The molecule has 0 radical (unpaired) electrons. The van der Waals surface area contributed by atoms with E-state index in [1.165, 1.54) is 17.3 Å². The zero-order valence-electron chi connectivity index (χ0n) is 10.4. The van der Waals surface area contributed by atoms with Crippen molar-refractivity contribution in [3.8, 4) is 0 Å². The van der Waals surface area contributed by atoms with Crippen LogP contribution in [0.3, 0.4) is 0 Å². The third-order valence-electron chi connectivity index (χ3n) is 2.98. The van der Waals surface area contributed by atoms with Crippen LogP contribution in [0, 0.1) is 0 Å². The van der Waals surface area contributed by atoms with Crippen LogP contribution < -0.4 is 10.6 Å². The average Bonchev–Trinajstić information content (AvgIpc) is 2.53. The van der Waals surface area contributed by atoms with Gasteiger partial charge < -0.3 is 0 Å². The number of carbonyl (C=O) groups is 1. The van der Waals surface area contributed by atoms with E-state index in [0.717, 1.165) is 5.69 Å². The van der Waals surface area contributed by atoms with Crippen LogP contribution in [0.2, 0.25) is 0 Å². The highest BCUT2D eigenvalue weighted by Crippen LogP contribution is 2.39. The number of thioether (sulfide) groups is 1. The molecule has 2 rings (SSSR count). The van der Waals surface area contributed by atoms with E-state index in [1.54, 1.807) is 4.90 Å². The maximum Gasteiger partial charge on any atom is 0.239 e. The van der Waals surface area contributed by atoms with Crippen LogP contribution in [-0.4, -0.2) is 16.7 Å². The number of amides is 1. The van der Waals surface area contributed by atoms with Crippen molar-refractivity contribution in [1.29, 1.82) is 0 Å². The SMILES string of the molecule is CC(C)c1ccccc1N1C(=O)CSC1(C)N. The van der Waals surface area contributed by atoms with Crippen LogP contribution in [0.15, 0.2) is 24.3 Å². The summed E-state index contributed by atoms with van der Waals surface area (Å²) in [5.74, 6) is 0.924. The molecule has 2 N–H and O–H groups in total. The molecule has 1 saturated heterocycles. The molecule has 0 aromatic heterocycles. The molecule has 0 bridgehead atoms. The summed E-state index contributed by atoms with van der Waals surface area (Å²) in [6.45, 7) is 6.14. The Hall–Kier alpha value is -1.000. The largest absolute Gasteiger partial charge is 0.300 e. The third-order valence-corrected chi connectivity index (χ3v) is 4.14. The quantitative estimate of drug-likeness (QED) is 0.877. The van der Waals surface area contributed by atoms with Crippen LogP contribution in [-0.2, 0) is 4.79 Å². The van der Waals surface area contributed by atoms with Gasteiger partial charge in [0.25, 0.3) is 0 Å². The summed E-state index contributed by atoms with van der Waals surface area (Å²) in [4.78, 5) is 13.1. The summed E-state index contributed by atoms with van der Waals surface area (Å²) >= 11 is 1.49. The van der Waals surface area contributed by atoms with E-state index in [4.69, 9.17) is 5.73 Å². The second-order valence-electron chi connectivity index (χ2n) is 4.79. The Morgan fingerprint density at radius 2 is 2.06 bits per heavy atom. The maximum absolute atomic E-state index is 12.0. The number of para-hydroxylation sites is 1. The Balaban J connectivity index is 2.50. The van der Waals surface area contributed by atoms with Crippen molar-refractivity contribution in [3.05, 3.63) is 29.8 Å². The fourth-order valence-electron chi connectivity index (χ4n) is 2.14. The molecular weight excluding hydrogens is 232 g/mol. The summed E-state index contributed by atoms with van der Waals surface area (Å²) in [6, 6.07) is 7.99. The summed E-state index contributed by atoms with van der Waals surface area (Å²) in [5.41, 5.74) is 8.30. The Morgan fingerprint density at radius 3 is 2.59 bits per heavy atom. The lowest BCUT2D eigenvalue weighted by Crippen LogP contribution is -2.49. The first-order valence-corrected chi connectivity index (χ1v) is 6.77. The van der Waals surface area contributed by atoms with E-state index in [-0.39, 0.29) is 5.91 Å². The minimum Gasteiger partial charge on any atom is -0.300 e. The Bertz CT molecular complexity index is 443. The van der Waals surface area contributed by atoms with Crippen LogP contribution in [0.5, 0.6) is 0 Å². The first kappa shape index (κ1) is 12.5. The molecule has 0 saturated carbocycles. The van der Waals surface area contributed by atoms with Gasteiger partial charge in [0.1, 0.15) is 4.99 Å². The smallest absolute Gasteiger partial charge is 0.239 e. The molecule has 1 fully saturated rings. The Labute approximate surface area is 106 Å². The highest BCUT2D eigenvalue weighted by atomic mass is 32.2. The van der Waals surface area contributed by atoms with Gasteiger partial charge in [-0.15, -0.1) is 11.8 Å². The van der Waals surface area contributed by atoms with E-state index in [0.29, 0.717) is 11.7 Å². The lowest BCUT2D eigenvalue weighted by molar-refractivity contribution is -0.116. The van der Waals surface area contributed by atoms with Crippen molar-refractivity contribution < 1.29 is 4.79 Å². The number of nitrogens with two attached hydrogens (primary N) is 1. The second kappa shape index (κ2) is 4.35. The lowest BCUT2D eigenvalue weighted by atomic mass is 10.00. The summed E-state index contributed by atoms with van der Waals surface area (Å²) < 4.78 is 0. The first-order chi connectivity index (χ1) is 7.93. The van der Waals surface area contributed by atoms with E-state index in [9.17, 15) is 4.79 Å². The molecule has 1 aliphatic rings. The monoisotopic (exact) mass is 250 g/mol. The molecule has 3 nitrogen and oxygen atoms in total. The Morgan fingerprint density at radius 1 is 1.41 bits per heavy atom. The molecule has 1 unspecified atom stereocenters. The Kier molecular flexibility index (Phi) is 3.19. The van der Waals surface area contributed by atoms with Gasteiger partial charge in [-0.1, -0.05) is 32.0 Å². The number of rotatable bonds is 2. The number of benzene rings is 1. The molecule has 17 heavy (non-hydrogen) atoms. The second-order valence-corrected chi connectivity index (χ2v) is 6.19. The zero-order chi connectivity index (χ0) is 12.6. The van der Waals surface area contributed by atoms with Crippen molar-refractivity contribution in [2.45, 2.75) is 31.7 Å². The van der Waals surface area contributed by atoms with Crippen molar-refractivity contribution >= 4 is 23.4 Å². The van der Waals surface area contributed by atoms with Gasteiger partial charge in [-0.05, 0) is 24.5 Å². The van der Waals surface area contributed by atoms with Gasteiger partial charge >= 0.3 is 0 Å². The van der Waals surface area contributed by atoms with Gasteiger partial charge in [-0.3, -0.25) is 15.4 Å². The zero-order valence-corrected chi connectivity index (χ0v) is 11.3. The number of nitrogens with zero attached hydrogens (tertiary/aromatic N) is 1. The minimum absolute atomic E-state index is 0.0908. The standard InChI is InChI=1S/C13H18N2OS/c1-9(2)10-6-4-5-7-11(10)15-12(16)8-17-13(15,3)14/h4-7,9H,8,14H2,1-3H3.